The van der Waals surface area contributed by atoms with Crippen molar-refractivity contribution in [3.05, 3.63) is 0 Å². The Morgan fingerprint density at radius 1 is 1.38 bits per heavy atom. The Hall–Kier alpha value is -0.790. The van der Waals surface area contributed by atoms with Crippen molar-refractivity contribution >= 4 is 23.6 Å². The Bertz CT molecular complexity index is 323. The number of nitrogens with one attached hydrogen (secondary N) is 2. The zero-order valence-corrected chi connectivity index (χ0v) is 13.8. The van der Waals surface area contributed by atoms with Crippen molar-refractivity contribution in [3.8, 4) is 0 Å². The van der Waals surface area contributed by atoms with Crippen LogP contribution in [0.25, 0.3) is 0 Å². The maximum Gasteiger partial charge on any atom is 0.239 e. The van der Waals surface area contributed by atoms with Gasteiger partial charge in [0.2, 0.25) is 11.8 Å². The highest BCUT2D eigenvalue weighted by Gasteiger charge is 2.17. The van der Waals surface area contributed by atoms with E-state index < -0.39 is 0 Å². The Morgan fingerprint density at radius 2 is 2.10 bits per heavy atom. The molecule has 1 fully saturated rings. The van der Waals surface area contributed by atoms with E-state index in [2.05, 4.69) is 10.6 Å². The SMILES string of the molecule is COCCCNC(=O)CN(C)C(=O)CSC1CCNCC1. The molecule has 0 atom stereocenters. The lowest BCUT2D eigenvalue weighted by Crippen LogP contribution is -2.40. The molecule has 0 unspecified atom stereocenters. The first-order valence-electron chi connectivity index (χ1n) is 7.45. The summed E-state index contributed by atoms with van der Waals surface area (Å²) in [5.74, 6) is 0.359. The molecular formula is C14H27N3O3S. The van der Waals surface area contributed by atoms with Gasteiger partial charge < -0.3 is 20.3 Å². The molecule has 0 bridgehead atoms. The number of carbonyl (C=O) groups is 2. The normalized spacial score (nSPS) is 15.7. The lowest BCUT2D eigenvalue weighted by Gasteiger charge is -2.23. The molecule has 0 aromatic carbocycles. The monoisotopic (exact) mass is 317 g/mol. The van der Waals surface area contributed by atoms with Crippen molar-refractivity contribution in [1.82, 2.24) is 15.5 Å². The molecule has 0 aromatic rings. The van der Waals surface area contributed by atoms with Gasteiger partial charge >= 0.3 is 0 Å². The summed E-state index contributed by atoms with van der Waals surface area (Å²) in [4.78, 5) is 25.2. The molecular weight excluding hydrogens is 290 g/mol. The van der Waals surface area contributed by atoms with Crippen LogP contribution in [-0.4, -0.2) is 74.7 Å². The number of hydrogen-bond donors (Lipinski definition) is 2. The number of thioether (sulfide) groups is 1. The molecule has 1 heterocycles. The second-order valence-corrected chi connectivity index (χ2v) is 6.50. The topological polar surface area (TPSA) is 70.7 Å². The quantitative estimate of drug-likeness (QED) is 0.590. The number of rotatable bonds is 9. The lowest BCUT2D eigenvalue weighted by molar-refractivity contribution is -0.132. The summed E-state index contributed by atoms with van der Waals surface area (Å²) in [6.45, 7) is 3.40. The van der Waals surface area contributed by atoms with Gasteiger partial charge in [-0.2, -0.15) is 0 Å². The van der Waals surface area contributed by atoms with Crippen LogP contribution in [0, 0.1) is 0 Å². The number of hydrogen-bond acceptors (Lipinski definition) is 5. The summed E-state index contributed by atoms with van der Waals surface area (Å²) in [7, 11) is 3.31. The molecule has 0 aromatic heterocycles. The largest absolute Gasteiger partial charge is 0.385 e. The standard InChI is InChI=1S/C14H27N3O3S/c1-17(10-13(18)16-6-3-9-20-2)14(19)11-21-12-4-7-15-8-5-12/h12,15H,3-11H2,1-2H3,(H,16,18). The van der Waals surface area contributed by atoms with E-state index in [0.29, 0.717) is 24.2 Å². The van der Waals surface area contributed by atoms with Crippen LogP contribution in [-0.2, 0) is 14.3 Å². The Balaban J connectivity index is 2.13. The van der Waals surface area contributed by atoms with Crippen LogP contribution in [0.15, 0.2) is 0 Å². The molecule has 1 saturated heterocycles. The number of methoxy groups -OCH3 is 1. The Kier molecular flexibility index (Phi) is 9.45. The smallest absolute Gasteiger partial charge is 0.239 e. The van der Waals surface area contributed by atoms with Crippen LogP contribution in [0.2, 0.25) is 0 Å². The van der Waals surface area contributed by atoms with Gasteiger partial charge in [-0.25, -0.2) is 0 Å². The third kappa shape index (κ3) is 8.28. The average Bonchev–Trinajstić information content (AvgIpc) is 2.50. The summed E-state index contributed by atoms with van der Waals surface area (Å²) in [6, 6.07) is 0. The van der Waals surface area contributed by atoms with Gasteiger partial charge in [0.05, 0.1) is 12.3 Å². The van der Waals surface area contributed by atoms with Gasteiger partial charge in [-0.05, 0) is 32.4 Å². The highest BCUT2D eigenvalue weighted by atomic mass is 32.2. The van der Waals surface area contributed by atoms with E-state index >= 15 is 0 Å². The lowest BCUT2D eigenvalue weighted by atomic mass is 10.2. The number of piperidine rings is 1. The fourth-order valence-corrected chi connectivity index (χ4v) is 3.23. The van der Waals surface area contributed by atoms with Crippen LogP contribution in [0.1, 0.15) is 19.3 Å². The summed E-state index contributed by atoms with van der Waals surface area (Å²) in [5, 5.41) is 6.65. The molecule has 2 N–H and O–H groups in total. The maximum atomic E-state index is 12.0. The van der Waals surface area contributed by atoms with E-state index in [1.54, 1.807) is 25.9 Å². The molecule has 0 spiro atoms. The summed E-state index contributed by atoms with van der Waals surface area (Å²) in [5.41, 5.74) is 0. The average molecular weight is 317 g/mol. The second kappa shape index (κ2) is 10.9. The van der Waals surface area contributed by atoms with E-state index in [9.17, 15) is 9.59 Å². The number of ether oxygens (including phenoxy) is 1. The molecule has 1 aliphatic heterocycles. The predicted octanol–water partition coefficient (Wildman–Crippen LogP) is 0.0827. The van der Waals surface area contributed by atoms with E-state index in [4.69, 9.17) is 4.74 Å². The van der Waals surface area contributed by atoms with E-state index in [-0.39, 0.29) is 18.4 Å². The fourth-order valence-electron chi connectivity index (χ4n) is 2.07. The van der Waals surface area contributed by atoms with Crippen molar-refractivity contribution in [2.45, 2.75) is 24.5 Å². The van der Waals surface area contributed by atoms with Gasteiger partial charge in [0.1, 0.15) is 0 Å². The van der Waals surface area contributed by atoms with Crippen molar-refractivity contribution in [1.29, 1.82) is 0 Å². The van der Waals surface area contributed by atoms with Crippen LogP contribution in [0.5, 0.6) is 0 Å². The fraction of sp³-hybridized carbons (Fsp3) is 0.857. The molecule has 0 aliphatic carbocycles. The minimum Gasteiger partial charge on any atom is -0.385 e. The van der Waals surface area contributed by atoms with Crippen molar-refractivity contribution in [2.75, 3.05) is 52.7 Å². The molecule has 1 aliphatic rings. The number of carbonyl (C=O) groups excluding carboxylic acids is 2. The van der Waals surface area contributed by atoms with E-state index in [1.807, 2.05) is 0 Å². The minimum absolute atomic E-state index is 0.0191. The molecule has 1 rings (SSSR count). The van der Waals surface area contributed by atoms with E-state index in [1.165, 1.54) is 4.90 Å². The van der Waals surface area contributed by atoms with Crippen LogP contribution in [0.3, 0.4) is 0 Å². The third-order valence-corrected chi connectivity index (χ3v) is 4.74. The second-order valence-electron chi connectivity index (χ2n) is 5.21. The van der Waals surface area contributed by atoms with Crippen molar-refractivity contribution in [3.63, 3.8) is 0 Å². The highest BCUT2D eigenvalue weighted by Crippen LogP contribution is 2.20. The van der Waals surface area contributed by atoms with Crippen LogP contribution >= 0.6 is 11.8 Å². The maximum absolute atomic E-state index is 12.0. The number of likely N-dealkylation sites (N-methyl/N-ethyl adjacent to an activating group) is 1. The van der Waals surface area contributed by atoms with Crippen LogP contribution < -0.4 is 10.6 Å². The zero-order chi connectivity index (χ0) is 15.5. The van der Waals surface area contributed by atoms with Crippen molar-refractivity contribution in [2.24, 2.45) is 0 Å². The molecule has 122 valence electrons. The first kappa shape index (κ1) is 18.3. The van der Waals surface area contributed by atoms with Gasteiger partial charge in [0.25, 0.3) is 0 Å². The minimum atomic E-state index is -0.117. The van der Waals surface area contributed by atoms with Gasteiger partial charge in [-0.1, -0.05) is 0 Å². The predicted molar refractivity (Wildman–Crippen MR) is 85.5 cm³/mol. The van der Waals surface area contributed by atoms with Gasteiger partial charge in [-0.15, -0.1) is 11.8 Å². The van der Waals surface area contributed by atoms with E-state index in [0.717, 1.165) is 32.4 Å². The summed E-state index contributed by atoms with van der Waals surface area (Å²) < 4.78 is 4.91. The first-order chi connectivity index (χ1) is 10.1. The highest BCUT2D eigenvalue weighted by molar-refractivity contribution is 8.00. The van der Waals surface area contributed by atoms with Crippen molar-refractivity contribution < 1.29 is 14.3 Å². The third-order valence-electron chi connectivity index (χ3n) is 3.38. The number of amides is 2. The number of nitrogens with zero attached hydrogens (tertiary/aromatic N) is 1. The molecule has 6 nitrogen and oxygen atoms in total. The Morgan fingerprint density at radius 3 is 2.76 bits per heavy atom. The molecule has 21 heavy (non-hydrogen) atoms. The van der Waals surface area contributed by atoms with Gasteiger partial charge in [0.15, 0.2) is 0 Å². The molecule has 2 amide bonds. The summed E-state index contributed by atoms with van der Waals surface area (Å²) >= 11 is 1.71. The summed E-state index contributed by atoms with van der Waals surface area (Å²) in [6.07, 6.45) is 3.01. The first-order valence-corrected chi connectivity index (χ1v) is 8.50. The zero-order valence-electron chi connectivity index (χ0n) is 13.0. The van der Waals surface area contributed by atoms with Gasteiger partial charge in [0, 0.05) is 32.6 Å². The molecule has 7 heteroatoms. The Labute approximate surface area is 131 Å². The van der Waals surface area contributed by atoms with Crippen LogP contribution in [0.4, 0.5) is 0 Å². The molecule has 0 radical (unpaired) electrons. The van der Waals surface area contributed by atoms with Gasteiger partial charge in [-0.3, -0.25) is 9.59 Å². The molecule has 0 saturated carbocycles.